The van der Waals surface area contributed by atoms with Crippen molar-refractivity contribution in [1.82, 2.24) is 16.0 Å². The third-order valence-corrected chi connectivity index (χ3v) is 3.63. The molecule has 0 aliphatic carbocycles. The van der Waals surface area contributed by atoms with E-state index in [2.05, 4.69) is 66.0 Å². The summed E-state index contributed by atoms with van der Waals surface area (Å²) in [6, 6.07) is 8.76. The zero-order chi connectivity index (χ0) is 19.0. The van der Waals surface area contributed by atoms with E-state index < -0.39 is 0 Å². The third kappa shape index (κ3) is 8.57. The molecule has 1 amide bonds. The van der Waals surface area contributed by atoms with Gasteiger partial charge in [0.1, 0.15) is 0 Å². The van der Waals surface area contributed by atoms with Gasteiger partial charge in [-0.15, -0.1) is 0 Å². The van der Waals surface area contributed by atoms with Crippen LogP contribution in [0.25, 0.3) is 0 Å². The number of aliphatic imine (C=N–C) groups is 1. The van der Waals surface area contributed by atoms with Crippen molar-refractivity contribution >= 4 is 11.9 Å². The second-order valence-corrected chi connectivity index (χ2v) is 7.93. The summed E-state index contributed by atoms with van der Waals surface area (Å²) >= 11 is 0. The Kier molecular flexibility index (Phi) is 7.94. The van der Waals surface area contributed by atoms with Crippen LogP contribution in [0.1, 0.15) is 58.7 Å². The number of hydrogen-bond acceptors (Lipinski definition) is 2. The number of rotatable bonds is 6. The maximum absolute atomic E-state index is 11.9. The lowest BCUT2D eigenvalue weighted by Gasteiger charge is -2.22. The van der Waals surface area contributed by atoms with Crippen molar-refractivity contribution in [1.29, 1.82) is 0 Å². The standard InChI is InChI=1S/C20H34N4O/c1-14(2)12-16-8-10-17(11-9-16)15(3)23-19(21-7)22-13-18(25)24-20(4,5)6/h8-11,14-15H,12-13H2,1-7H3,(H,24,25)(H2,21,22,23). The minimum atomic E-state index is -0.235. The average Bonchev–Trinajstić information content (AvgIpc) is 2.49. The summed E-state index contributed by atoms with van der Waals surface area (Å²) in [5.74, 6) is 1.22. The Bertz CT molecular complexity index is 570. The number of carbonyl (C=O) groups is 1. The van der Waals surface area contributed by atoms with Crippen LogP contribution in [0.5, 0.6) is 0 Å². The van der Waals surface area contributed by atoms with Crippen LogP contribution >= 0.6 is 0 Å². The molecule has 0 aliphatic heterocycles. The fourth-order valence-corrected chi connectivity index (χ4v) is 2.52. The highest BCUT2D eigenvalue weighted by Gasteiger charge is 2.14. The lowest BCUT2D eigenvalue weighted by Crippen LogP contribution is -2.48. The normalized spacial score (nSPS) is 13.5. The first kappa shape index (κ1) is 21.0. The number of amides is 1. The lowest BCUT2D eigenvalue weighted by atomic mass is 10.00. The van der Waals surface area contributed by atoms with Crippen LogP contribution in [0.3, 0.4) is 0 Å². The molecule has 5 heteroatoms. The molecule has 0 saturated heterocycles. The molecule has 1 aromatic rings. The molecule has 0 heterocycles. The van der Waals surface area contributed by atoms with Crippen molar-refractivity contribution in [2.45, 2.75) is 59.5 Å². The molecule has 0 fully saturated rings. The summed E-state index contributed by atoms with van der Waals surface area (Å²) < 4.78 is 0. The molecule has 0 radical (unpaired) electrons. The molecule has 0 saturated carbocycles. The van der Waals surface area contributed by atoms with E-state index in [4.69, 9.17) is 0 Å². The van der Waals surface area contributed by atoms with E-state index in [9.17, 15) is 4.79 Å². The largest absolute Gasteiger partial charge is 0.350 e. The molecule has 0 spiro atoms. The molecule has 1 aromatic carbocycles. The summed E-state index contributed by atoms with van der Waals surface area (Å²) in [6.07, 6.45) is 1.09. The van der Waals surface area contributed by atoms with Crippen LogP contribution in [0.4, 0.5) is 0 Å². The van der Waals surface area contributed by atoms with Crippen molar-refractivity contribution < 1.29 is 4.79 Å². The van der Waals surface area contributed by atoms with E-state index >= 15 is 0 Å². The predicted molar refractivity (Wildman–Crippen MR) is 106 cm³/mol. The van der Waals surface area contributed by atoms with Crippen LogP contribution in [0.15, 0.2) is 29.3 Å². The summed E-state index contributed by atoms with van der Waals surface area (Å²) in [5.41, 5.74) is 2.31. The van der Waals surface area contributed by atoms with Gasteiger partial charge >= 0.3 is 0 Å². The number of carbonyl (C=O) groups excluding carboxylic acids is 1. The van der Waals surface area contributed by atoms with Gasteiger partial charge in [0.25, 0.3) is 0 Å². The zero-order valence-electron chi connectivity index (χ0n) is 16.7. The topological polar surface area (TPSA) is 65.5 Å². The van der Waals surface area contributed by atoms with Crippen LogP contribution < -0.4 is 16.0 Å². The molecular formula is C20H34N4O. The van der Waals surface area contributed by atoms with Crippen molar-refractivity contribution in [2.24, 2.45) is 10.9 Å². The van der Waals surface area contributed by atoms with E-state index in [0.29, 0.717) is 11.9 Å². The Morgan fingerprint density at radius 3 is 2.20 bits per heavy atom. The van der Waals surface area contributed by atoms with Gasteiger partial charge < -0.3 is 16.0 Å². The highest BCUT2D eigenvalue weighted by molar-refractivity contribution is 5.86. The zero-order valence-corrected chi connectivity index (χ0v) is 16.7. The van der Waals surface area contributed by atoms with Crippen LogP contribution in [-0.4, -0.2) is 31.0 Å². The van der Waals surface area contributed by atoms with Crippen LogP contribution in [-0.2, 0) is 11.2 Å². The Morgan fingerprint density at radius 1 is 1.12 bits per heavy atom. The smallest absolute Gasteiger partial charge is 0.239 e. The van der Waals surface area contributed by atoms with E-state index in [1.807, 2.05) is 20.8 Å². The second kappa shape index (κ2) is 9.44. The molecule has 0 bridgehead atoms. The molecule has 0 aliphatic rings. The first-order chi connectivity index (χ1) is 11.6. The van der Waals surface area contributed by atoms with Crippen molar-refractivity contribution in [2.75, 3.05) is 13.6 Å². The third-order valence-electron chi connectivity index (χ3n) is 3.63. The number of nitrogens with zero attached hydrogens (tertiary/aromatic N) is 1. The van der Waals surface area contributed by atoms with Gasteiger partial charge in [0.05, 0.1) is 12.6 Å². The van der Waals surface area contributed by atoms with Gasteiger partial charge in [0, 0.05) is 12.6 Å². The molecule has 25 heavy (non-hydrogen) atoms. The van der Waals surface area contributed by atoms with Gasteiger partial charge in [0.15, 0.2) is 5.96 Å². The minimum Gasteiger partial charge on any atom is -0.350 e. The molecule has 3 N–H and O–H groups in total. The van der Waals surface area contributed by atoms with Crippen LogP contribution in [0.2, 0.25) is 0 Å². The average molecular weight is 347 g/mol. The highest BCUT2D eigenvalue weighted by atomic mass is 16.2. The maximum Gasteiger partial charge on any atom is 0.239 e. The van der Waals surface area contributed by atoms with Crippen molar-refractivity contribution in [3.05, 3.63) is 35.4 Å². The SMILES string of the molecule is CN=C(NCC(=O)NC(C)(C)C)NC(C)c1ccc(CC(C)C)cc1. The van der Waals surface area contributed by atoms with E-state index in [0.717, 1.165) is 6.42 Å². The first-order valence-corrected chi connectivity index (χ1v) is 8.97. The number of guanidine groups is 1. The summed E-state index contributed by atoms with van der Waals surface area (Å²) in [5, 5.41) is 9.30. The van der Waals surface area contributed by atoms with Crippen LogP contribution in [0, 0.1) is 5.92 Å². The highest BCUT2D eigenvalue weighted by Crippen LogP contribution is 2.15. The molecule has 140 valence electrons. The first-order valence-electron chi connectivity index (χ1n) is 8.97. The lowest BCUT2D eigenvalue weighted by molar-refractivity contribution is -0.121. The molecule has 1 rings (SSSR count). The van der Waals surface area contributed by atoms with Gasteiger partial charge in [-0.2, -0.15) is 0 Å². The summed E-state index contributed by atoms with van der Waals surface area (Å²) in [6.45, 7) is 12.6. The molecule has 5 nitrogen and oxygen atoms in total. The van der Waals surface area contributed by atoms with Crippen molar-refractivity contribution in [3.63, 3.8) is 0 Å². The fraction of sp³-hybridized carbons (Fsp3) is 0.600. The molecular weight excluding hydrogens is 312 g/mol. The van der Waals surface area contributed by atoms with E-state index in [-0.39, 0.29) is 24.0 Å². The van der Waals surface area contributed by atoms with Gasteiger partial charge in [-0.25, -0.2) is 0 Å². The summed E-state index contributed by atoms with van der Waals surface area (Å²) in [4.78, 5) is 16.1. The maximum atomic E-state index is 11.9. The second-order valence-electron chi connectivity index (χ2n) is 7.93. The number of benzene rings is 1. The van der Waals surface area contributed by atoms with Gasteiger partial charge in [-0.1, -0.05) is 38.1 Å². The monoisotopic (exact) mass is 346 g/mol. The minimum absolute atomic E-state index is 0.0545. The Labute approximate surface area is 152 Å². The molecule has 1 unspecified atom stereocenters. The van der Waals surface area contributed by atoms with Gasteiger partial charge in [-0.3, -0.25) is 9.79 Å². The van der Waals surface area contributed by atoms with E-state index in [1.165, 1.54) is 11.1 Å². The molecule has 1 atom stereocenters. The number of hydrogen-bond donors (Lipinski definition) is 3. The van der Waals surface area contributed by atoms with Gasteiger partial charge in [-0.05, 0) is 51.2 Å². The predicted octanol–water partition coefficient (Wildman–Crippen LogP) is 3.03. The Balaban J connectivity index is 2.55. The Morgan fingerprint density at radius 2 is 1.72 bits per heavy atom. The number of nitrogens with one attached hydrogen (secondary N) is 3. The summed E-state index contributed by atoms with van der Waals surface area (Å²) in [7, 11) is 1.70. The molecule has 0 aromatic heterocycles. The van der Waals surface area contributed by atoms with Crippen molar-refractivity contribution in [3.8, 4) is 0 Å². The van der Waals surface area contributed by atoms with E-state index in [1.54, 1.807) is 7.05 Å². The quantitative estimate of drug-likeness (QED) is 0.548. The Hall–Kier alpha value is -2.04. The van der Waals surface area contributed by atoms with Gasteiger partial charge in [0.2, 0.25) is 5.91 Å². The fourth-order valence-electron chi connectivity index (χ4n) is 2.52.